The second kappa shape index (κ2) is 7.75. The normalized spacial score (nSPS) is 10.4. The molecule has 0 aliphatic carbocycles. The SMILES string of the molecule is CCOC(=O)C(C)(C)C[CH-]c1cc[n+]([O-])cc1.[Y]. The van der Waals surface area contributed by atoms with E-state index in [2.05, 4.69) is 0 Å². The summed E-state index contributed by atoms with van der Waals surface area (Å²) >= 11 is 0. The second-order valence-corrected chi connectivity index (χ2v) is 4.50. The van der Waals surface area contributed by atoms with Crippen LogP contribution in [0, 0.1) is 17.0 Å². The van der Waals surface area contributed by atoms with Crippen LogP contribution in [0.4, 0.5) is 0 Å². The zero-order valence-corrected chi connectivity index (χ0v) is 13.9. The quantitative estimate of drug-likeness (QED) is 0.359. The maximum absolute atomic E-state index is 11.6. The van der Waals surface area contributed by atoms with Gasteiger partial charge in [-0.05, 0) is 6.92 Å². The van der Waals surface area contributed by atoms with E-state index in [1.165, 1.54) is 12.4 Å². The standard InChI is InChI=1S/C13H18NO3.Y/c1-4-17-12(15)13(2,3)8-5-11-6-9-14(16)10-7-11;/h5-7,9-10H,4,8H2,1-3H3;/q-1;. The minimum Gasteiger partial charge on any atom is -0.620 e. The van der Waals surface area contributed by atoms with Crippen molar-refractivity contribution in [2.45, 2.75) is 27.2 Å². The number of nitrogens with zero attached hydrogens (tertiary/aromatic N) is 1. The fourth-order valence-corrected chi connectivity index (χ4v) is 1.34. The molecule has 0 N–H and O–H groups in total. The van der Waals surface area contributed by atoms with Gasteiger partial charge in [-0.2, -0.15) is 12.0 Å². The van der Waals surface area contributed by atoms with Crippen molar-refractivity contribution >= 4 is 5.97 Å². The Morgan fingerprint density at radius 2 is 2.00 bits per heavy atom. The summed E-state index contributed by atoms with van der Waals surface area (Å²) in [5, 5.41) is 10.8. The molecule has 0 spiro atoms. The van der Waals surface area contributed by atoms with Gasteiger partial charge in [-0.1, -0.05) is 32.4 Å². The van der Waals surface area contributed by atoms with Gasteiger partial charge in [-0.25, -0.2) is 4.73 Å². The van der Waals surface area contributed by atoms with E-state index in [4.69, 9.17) is 4.74 Å². The van der Waals surface area contributed by atoms with Gasteiger partial charge in [-0.3, -0.25) is 4.79 Å². The van der Waals surface area contributed by atoms with E-state index in [1.54, 1.807) is 19.1 Å². The maximum atomic E-state index is 11.6. The number of esters is 1. The molecule has 0 atom stereocenters. The molecule has 1 rings (SSSR count). The van der Waals surface area contributed by atoms with Gasteiger partial charge >= 0.3 is 5.97 Å². The van der Waals surface area contributed by atoms with Crippen molar-refractivity contribution < 1.29 is 47.0 Å². The molecule has 0 saturated carbocycles. The van der Waals surface area contributed by atoms with Crippen LogP contribution in [-0.2, 0) is 42.2 Å². The first-order valence-electron chi connectivity index (χ1n) is 5.65. The fourth-order valence-electron chi connectivity index (χ4n) is 1.34. The second-order valence-electron chi connectivity index (χ2n) is 4.50. The van der Waals surface area contributed by atoms with Crippen molar-refractivity contribution in [2.75, 3.05) is 6.61 Å². The van der Waals surface area contributed by atoms with Crippen molar-refractivity contribution in [3.05, 3.63) is 41.7 Å². The largest absolute Gasteiger partial charge is 0.620 e. The van der Waals surface area contributed by atoms with Gasteiger partial charge in [0.1, 0.15) is 12.4 Å². The van der Waals surface area contributed by atoms with Gasteiger partial charge in [0.25, 0.3) is 0 Å². The van der Waals surface area contributed by atoms with Crippen LogP contribution in [-0.4, -0.2) is 12.6 Å². The summed E-state index contributed by atoms with van der Waals surface area (Å²) in [6.45, 7) is 5.88. The van der Waals surface area contributed by atoms with E-state index in [-0.39, 0.29) is 38.7 Å². The number of aromatic nitrogens is 1. The molecule has 1 aromatic rings. The van der Waals surface area contributed by atoms with E-state index in [0.717, 1.165) is 10.3 Å². The zero-order valence-electron chi connectivity index (χ0n) is 11.1. The number of carbonyl (C=O) groups excluding carboxylic acids is 1. The number of hydrogen-bond acceptors (Lipinski definition) is 3. The molecule has 0 aliphatic rings. The fraction of sp³-hybridized carbons (Fsp3) is 0.462. The number of rotatable bonds is 5. The molecule has 97 valence electrons. The van der Waals surface area contributed by atoms with Crippen LogP contribution in [0.3, 0.4) is 0 Å². The van der Waals surface area contributed by atoms with Crippen molar-refractivity contribution in [1.29, 1.82) is 0 Å². The average Bonchev–Trinajstić information content (AvgIpc) is 2.29. The third-order valence-electron chi connectivity index (χ3n) is 2.50. The summed E-state index contributed by atoms with van der Waals surface area (Å²) in [5.74, 6) is -0.203. The van der Waals surface area contributed by atoms with Gasteiger partial charge in [0, 0.05) is 32.7 Å². The van der Waals surface area contributed by atoms with Crippen molar-refractivity contribution in [3.63, 3.8) is 0 Å². The molecule has 18 heavy (non-hydrogen) atoms. The molecule has 0 unspecified atom stereocenters. The van der Waals surface area contributed by atoms with Crippen LogP contribution in [0.25, 0.3) is 0 Å². The number of pyridine rings is 1. The zero-order chi connectivity index (χ0) is 12.9. The molecule has 1 radical (unpaired) electrons. The summed E-state index contributed by atoms with van der Waals surface area (Å²) in [5.41, 5.74) is 0.383. The number of hydrogen-bond donors (Lipinski definition) is 0. The Hall–Kier alpha value is -0.606. The van der Waals surface area contributed by atoms with Crippen LogP contribution in [0.1, 0.15) is 32.8 Å². The molecule has 0 fully saturated rings. The molecular weight excluding hydrogens is 307 g/mol. The van der Waals surface area contributed by atoms with Crippen LogP contribution >= 0.6 is 0 Å². The van der Waals surface area contributed by atoms with Gasteiger partial charge < -0.3 is 9.94 Å². The topological polar surface area (TPSA) is 53.2 Å². The summed E-state index contributed by atoms with van der Waals surface area (Å²) < 4.78 is 5.73. The first kappa shape index (κ1) is 17.4. The third kappa shape index (κ3) is 5.36. The molecule has 0 bridgehead atoms. The van der Waals surface area contributed by atoms with Crippen LogP contribution in [0.15, 0.2) is 24.5 Å². The smallest absolute Gasteiger partial charge is 0.310 e. The maximum Gasteiger partial charge on any atom is 0.310 e. The van der Waals surface area contributed by atoms with Crippen molar-refractivity contribution in [1.82, 2.24) is 0 Å². The summed E-state index contributed by atoms with van der Waals surface area (Å²) in [6.07, 6.45) is 5.37. The van der Waals surface area contributed by atoms with E-state index >= 15 is 0 Å². The van der Waals surface area contributed by atoms with Crippen LogP contribution in [0.2, 0.25) is 0 Å². The van der Waals surface area contributed by atoms with E-state index in [9.17, 15) is 10.0 Å². The Kier molecular flexibility index (Phi) is 7.49. The van der Waals surface area contributed by atoms with E-state index in [1.807, 2.05) is 20.3 Å². The van der Waals surface area contributed by atoms with Gasteiger partial charge in [0.05, 0.1) is 12.0 Å². The van der Waals surface area contributed by atoms with Gasteiger partial charge in [-0.15, -0.1) is 0 Å². The van der Waals surface area contributed by atoms with Crippen molar-refractivity contribution in [3.8, 4) is 0 Å². The average molecular weight is 325 g/mol. The summed E-state index contributed by atoms with van der Waals surface area (Å²) in [6, 6.07) is 3.43. The molecule has 5 heteroatoms. The Morgan fingerprint density at radius 3 is 2.50 bits per heavy atom. The van der Waals surface area contributed by atoms with Crippen molar-refractivity contribution in [2.24, 2.45) is 5.41 Å². The molecule has 0 aliphatic heterocycles. The molecule has 4 nitrogen and oxygen atoms in total. The Balaban J connectivity index is 0.00000289. The Morgan fingerprint density at radius 1 is 1.44 bits per heavy atom. The minimum absolute atomic E-state index is 0. The monoisotopic (exact) mass is 325 g/mol. The van der Waals surface area contributed by atoms with Crippen LogP contribution in [0.5, 0.6) is 0 Å². The molecule has 1 heterocycles. The molecule has 0 saturated heterocycles. The van der Waals surface area contributed by atoms with E-state index < -0.39 is 5.41 Å². The molecule has 0 aromatic carbocycles. The van der Waals surface area contributed by atoms with Gasteiger partial charge in [0.2, 0.25) is 0 Å². The number of ether oxygens (including phenoxy) is 1. The minimum atomic E-state index is -0.542. The molecule has 0 amide bonds. The van der Waals surface area contributed by atoms with E-state index in [0.29, 0.717) is 13.0 Å². The Labute approximate surface area is 133 Å². The first-order chi connectivity index (χ1) is 7.95. The molecular formula is C13H18NO3Y-. The van der Waals surface area contributed by atoms with Crippen LogP contribution < -0.4 is 4.73 Å². The summed E-state index contributed by atoms with van der Waals surface area (Å²) in [7, 11) is 0. The van der Waals surface area contributed by atoms with Gasteiger partial charge in [0.15, 0.2) is 0 Å². The predicted octanol–water partition coefficient (Wildman–Crippen LogP) is 1.85. The number of carbonyl (C=O) groups is 1. The first-order valence-corrected chi connectivity index (χ1v) is 5.65. The predicted molar refractivity (Wildman–Crippen MR) is 63.8 cm³/mol. The molecule has 1 aromatic heterocycles. The summed E-state index contributed by atoms with van der Waals surface area (Å²) in [4.78, 5) is 11.6. The Bertz CT molecular complexity index is 376. The third-order valence-corrected chi connectivity index (χ3v) is 2.50.